The quantitative estimate of drug-likeness (QED) is 0.102. The monoisotopic (exact) mass is 884 g/mol. The van der Waals surface area contributed by atoms with Crippen molar-refractivity contribution in [3.05, 3.63) is 102 Å². The number of imidazole rings is 2. The molecule has 0 spiro atoms. The van der Waals surface area contributed by atoms with Crippen molar-refractivity contribution in [2.75, 3.05) is 48.1 Å². The van der Waals surface area contributed by atoms with Gasteiger partial charge in [0.25, 0.3) is 5.91 Å². The zero-order chi connectivity index (χ0) is 45.4. The van der Waals surface area contributed by atoms with Gasteiger partial charge in [0.15, 0.2) is 0 Å². The first-order valence-electron chi connectivity index (χ1n) is 21.7. The van der Waals surface area contributed by atoms with Gasteiger partial charge in [0.2, 0.25) is 5.91 Å². The van der Waals surface area contributed by atoms with Crippen LogP contribution in [0.2, 0.25) is 0 Å². The second-order valence-electron chi connectivity index (χ2n) is 16.8. The summed E-state index contributed by atoms with van der Waals surface area (Å²) < 4.78 is 27.1. The summed E-state index contributed by atoms with van der Waals surface area (Å²) in [5.74, 6) is 1.58. The van der Waals surface area contributed by atoms with Crippen molar-refractivity contribution in [3.63, 3.8) is 0 Å². The Morgan fingerprint density at radius 3 is 2.43 bits per heavy atom. The molecule has 6 atom stereocenters. The predicted octanol–water partition coefficient (Wildman–Crippen LogP) is 6.72. The third-order valence-electron chi connectivity index (χ3n) is 12.9. The molecule has 338 valence electrons. The summed E-state index contributed by atoms with van der Waals surface area (Å²) in [6, 6.07) is 21.1. The number of nitrogens with one attached hydrogen (secondary N) is 4. The predicted molar refractivity (Wildman–Crippen MR) is 240 cm³/mol. The summed E-state index contributed by atoms with van der Waals surface area (Å²) in [6.45, 7) is 3.49. The zero-order valence-corrected chi connectivity index (χ0v) is 36.9. The van der Waals surface area contributed by atoms with Gasteiger partial charge < -0.3 is 54.1 Å². The normalized spacial score (nSPS) is 19.2. The summed E-state index contributed by atoms with van der Waals surface area (Å²) in [6.07, 6.45) is 1.92. The van der Waals surface area contributed by atoms with Gasteiger partial charge in [-0.15, -0.1) is 0 Å². The largest absolute Gasteiger partial charge is 0.488 e. The SMILES string of the molecule is COC[C@H]1C[C@@H](c2nc3c(ccc4cc5c(cc43)OCc3cc(-c4cnc([C@@H]6CCCN6C(=O)[C@H](NC(=O)OC)c6ccccc6)[nH]4)ccc3-5)[nH]2)N(C(=O)[C@@H](NC(=O)OC)C(C)OC)C1. The molecule has 3 aliphatic rings. The number of aromatic nitrogens is 4. The minimum Gasteiger partial charge on any atom is -0.488 e. The van der Waals surface area contributed by atoms with Crippen molar-refractivity contribution < 1.29 is 42.9 Å². The third-order valence-corrected chi connectivity index (χ3v) is 12.9. The molecular weight excluding hydrogens is 833 g/mol. The van der Waals surface area contributed by atoms with Crippen LogP contribution < -0.4 is 15.4 Å². The Balaban J connectivity index is 0.967. The van der Waals surface area contributed by atoms with Crippen LogP contribution in [0.1, 0.15) is 67.1 Å². The van der Waals surface area contributed by atoms with Crippen molar-refractivity contribution >= 4 is 45.8 Å². The van der Waals surface area contributed by atoms with E-state index in [4.69, 9.17) is 33.7 Å². The number of benzene rings is 4. The Hall–Kier alpha value is -6.98. The van der Waals surface area contributed by atoms with E-state index in [9.17, 15) is 19.2 Å². The number of rotatable bonds is 12. The molecule has 1 unspecified atom stereocenters. The van der Waals surface area contributed by atoms with Gasteiger partial charge >= 0.3 is 12.2 Å². The van der Waals surface area contributed by atoms with Gasteiger partial charge in [0.05, 0.1) is 61.9 Å². The van der Waals surface area contributed by atoms with Crippen LogP contribution in [0.5, 0.6) is 5.75 Å². The molecule has 0 saturated carbocycles. The lowest BCUT2D eigenvalue weighted by molar-refractivity contribution is -0.138. The van der Waals surface area contributed by atoms with Gasteiger partial charge in [-0.25, -0.2) is 19.6 Å². The highest BCUT2D eigenvalue weighted by molar-refractivity contribution is 6.07. The van der Waals surface area contributed by atoms with E-state index in [1.165, 1.54) is 21.3 Å². The molecule has 4 aromatic carbocycles. The molecule has 0 radical (unpaired) electrons. The van der Waals surface area contributed by atoms with Gasteiger partial charge in [-0.3, -0.25) is 9.59 Å². The molecule has 17 heteroatoms. The zero-order valence-electron chi connectivity index (χ0n) is 36.9. The van der Waals surface area contributed by atoms with E-state index in [0.29, 0.717) is 49.9 Å². The van der Waals surface area contributed by atoms with Crippen LogP contribution in [0.4, 0.5) is 9.59 Å². The maximum absolute atomic E-state index is 14.2. The molecule has 0 bridgehead atoms. The Morgan fingerprint density at radius 1 is 0.862 bits per heavy atom. The minimum atomic E-state index is -0.973. The van der Waals surface area contributed by atoms with E-state index in [2.05, 4.69) is 50.9 Å². The Kier molecular flexibility index (Phi) is 12.2. The molecule has 2 fully saturated rings. The molecule has 0 aliphatic carbocycles. The third kappa shape index (κ3) is 8.32. The first-order valence-corrected chi connectivity index (χ1v) is 21.7. The number of aromatic amines is 2. The summed E-state index contributed by atoms with van der Waals surface area (Å²) in [5, 5.41) is 7.27. The van der Waals surface area contributed by atoms with Crippen LogP contribution in [0, 0.1) is 5.92 Å². The molecule has 6 aromatic rings. The van der Waals surface area contributed by atoms with E-state index in [-0.39, 0.29) is 23.8 Å². The van der Waals surface area contributed by atoms with E-state index in [0.717, 1.165) is 68.3 Å². The summed E-state index contributed by atoms with van der Waals surface area (Å²) in [4.78, 5) is 73.2. The Labute approximate surface area is 375 Å². The van der Waals surface area contributed by atoms with Gasteiger partial charge in [-0.05, 0) is 78.1 Å². The van der Waals surface area contributed by atoms with Crippen LogP contribution in [0.25, 0.3) is 44.2 Å². The van der Waals surface area contributed by atoms with Crippen LogP contribution >= 0.6 is 0 Å². The molecular formula is C48H52N8O9. The van der Waals surface area contributed by atoms with E-state index in [1.54, 1.807) is 30.0 Å². The fourth-order valence-corrected chi connectivity index (χ4v) is 9.54. The van der Waals surface area contributed by atoms with Crippen molar-refractivity contribution in [2.24, 2.45) is 5.92 Å². The molecule has 3 aliphatic heterocycles. The lowest BCUT2D eigenvalue weighted by Gasteiger charge is -2.30. The number of H-pyrrole nitrogens is 2. The van der Waals surface area contributed by atoms with E-state index in [1.807, 2.05) is 42.5 Å². The number of carbonyl (C=O) groups excluding carboxylic acids is 4. The number of alkyl carbamates (subject to hydrolysis) is 2. The molecule has 5 heterocycles. The first-order chi connectivity index (χ1) is 31.6. The van der Waals surface area contributed by atoms with Gasteiger partial charge in [0.1, 0.15) is 36.1 Å². The number of hydrogen-bond donors (Lipinski definition) is 4. The van der Waals surface area contributed by atoms with Crippen molar-refractivity contribution in [1.82, 2.24) is 40.4 Å². The lowest BCUT2D eigenvalue weighted by atomic mass is 9.92. The van der Waals surface area contributed by atoms with Gasteiger partial charge in [-0.2, -0.15) is 0 Å². The number of methoxy groups -OCH3 is 4. The van der Waals surface area contributed by atoms with Gasteiger partial charge in [-0.1, -0.05) is 48.5 Å². The molecule has 2 aromatic heterocycles. The summed E-state index contributed by atoms with van der Waals surface area (Å²) >= 11 is 0. The highest BCUT2D eigenvalue weighted by Crippen LogP contribution is 2.44. The second kappa shape index (κ2) is 18.3. The van der Waals surface area contributed by atoms with Crippen molar-refractivity contribution in [3.8, 4) is 28.1 Å². The average molecular weight is 885 g/mol. The maximum Gasteiger partial charge on any atom is 0.407 e. The summed E-state index contributed by atoms with van der Waals surface area (Å²) in [7, 11) is 5.67. The molecule has 65 heavy (non-hydrogen) atoms. The minimum absolute atomic E-state index is 0.0524. The number of amides is 4. The van der Waals surface area contributed by atoms with E-state index >= 15 is 0 Å². The van der Waals surface area contributed by atoms with E-state index < -0.39 is 36.4 Å². The molecule has 4 amide bonds. The fourth-order valence-electron chi connectivity index (χ4n) is 9.54. The molecule has 2 saturated heterocycles. The number of likely N-dealkylation sites (tertiary alicyclic amines) is 2. The number of nitrogens with zero attached hydrogens (tertiary/aromatic N) is 4. The van der Waals surface area contributed by atoms with Crippen molar-refractivity contribution in [2.45, 2.75) is 63.1 Å². The lowest BCUT2D eigenvalue weighted by Crippen LogP contribution is -2.54. The Morgan fingerprint density at radius 2 is 1.66 bits per heavy atom. The maximum atomic E-state index is 14.2. The highest BCUT2D eigenvalue weighted by atomic mass is 16.5. The topological polar surface area (TPSA) is 202 Å². The number of hydrogen-bond acceptors (Lipinski definition) is 11. The second-order valence-corrected chi connectivity index (χ2v) is 16.8. The van der Waals surface area contributed by atoms with Crippen LogP contribution in [-0.4, -0.2) is 114 Å². The number of carbonyl (C=O) groups is 4. The van der Waals surface area contributed by atoms with Crippen LogP contribution in [0.15, 0.2) is 79.0 Å². The molecule has 17 nitrogen and oxygen atoms in total. The van der Waals surface area contributed by atoms with Crippen LogP contribution in [0.3, 0.4) is 0 Å². The fraction of sp³-hybridized carbons (Fsp3) is 0.375. The first kappa shape index (κ1) is 43.3. The van der Waals surface area contributed by atoms with Crippen molar-refractivity contribution in [1.29, 1.82) is 0 Å². The highest BCUT2D eigenvalue weighted by Gasteiger charge is 2.43. The molecule has 9 rings (SSSR count). The number of fused-ring (bicyclic) bond motifs is 6. The average Bonchev–Trinajstić information content (AvgIpc) is 4.18. The Bertz CT molecular complexity index is 2760. The smallest absolute Gasteiger partial charge is 0.407 e. The van der Waals surface area contributed by atoms with Crippen LogP contribution in [-0.2, 0) is 35.1 Å². The van der Waals surface area contributed by atoms with Gasteiger partial charge in [0, 0.05) is 44.2 Å². The number of ether oxygens (including phenoxy) is 5. The summed E-state index contributed by atoms with van der Waals surface area (Å²) in [5.41, 5.74) is 7.04. The standard InChI is InChI=1S/C48H52N8O9/c1-26(62-3)40(53-47(59)63-4)45(57)56-23-27(24-61-2)18-38(56)44-50-35-16-14-29-20-34-32-15-13-30(19-31(32)25-65-39(34)21-33(29)42(35)52-44)36-22-49-43(51-36)37-12-9-17-55(37)46(58)41(54-48(60)64-5)28-10-7-6-8-11-28/h6-8,10-11,13-16,19-22,26-27,37-38,40-41H,9,12,17-18,23-25H2,1-5H3,(H,49,51)(H,50,52)(H,53,59)(H,54,60)/t26?,27-,37-,38-,40-,41+/m0/s1. The molecule has 4 N–H and O–H groups in total.